The summed E-state index contributed by atoms with van der Waals surface area (Å²) in [5.74, 6) is -0.0264. The van der Waals surface area contributed by atoms with Gasteiger partial charge < -0.3 is 4.74 Å². The third kappa shape index (κ3) is 4.81. The Bertz CT molecular complexity index is 1040. The van der Waals surface area contributed by atoms with Crippen LogP contribution in [0.1, 0.15) is 42.0 Å². The number of thiazole rings is 1. The lowest BCUT2D eigenvalue weighted by molar-refractivity contribution is 0.0376. The average Bonchev–Trinajstić information content (AvgIpc) is 3.40. The maximum absolute atomic E-state index is 13.6. The summed E-state index contributed by atoms with van der Waals surface area (Å²) in [6.07, 6.45) is 1.81. The highest BCUT2D eigenvalue weighted by Gasteiger charge is 2.25. The van der Waals surface area contributed by atoms with E-state index in [0.29, 0.717) is 18.8 Å². The normalized spacial score (nSPS) is 14.9. The molecule has 1 saturated heterocycles. The molecule has 166 valence electrons. The fourth-order valence-corrected chi connectivity index (χ4v) is 5.09. The topological polar surface area (TPSA) is 63.5 Å². The van der Waals surface area contributed by atoms with Crippen molar-refractivity contribution in [2.75, 3.05) is 44.3 Å². The number of carbonyl (C=O) groups is 1. The van der Waals surface area contributed by atoms with Gasteiger partial charge in [-0.15, -0.1) is 0 Å². The minimum absolute atomic E-state index is 0.0264. The molecule has 1 aliphatic rings. The number of nitrogens with zero attached hydrogens (tertiary/aromatic N) is 5. The molecular formula is C23H31N5O2S. The number of morpholine rings is 1. The van der Waals surface area contributed by atoms with Gasteiger partial charge in [0.25, 0.3) is 5.91 Å². The highest BCUT2D eigenvalue weighted by Crippen LogP contribution is 2.32. The second kappa shape index (κ2) is 9.89. The lowest BCUT2D eigenvalue weighted by Crippen LogP contribution is -2.39. The molecule has 0 spiro atoms. The Kier molecular flexibility index (Phi) is 6.99. The summed E-state index contributed by atoms with van der Waals surface area (Å²) in [5.41, 5.74) is 3.71. The Morgan fingerprint density at radius 1 is 1.26 bits per heavy atom. The van der Waals surface area contributed by atoms with Crippen LogP contribution in [0.15, 0.2) is 24.3 Å². The number of benzene rings is 1. The number of ether oxygens (including phenoxy) is 1. The summed E-state index contributed by atoms with van der Waals surface area (Å²) in [6.45, 7) is 11.8. The zero-order valence-corrected chi connectivity index (χ0v) is 19.5. The molecule has 0 saturated carbocycles. The molecule has 31 heavy (non-hydrogen) atoms. The van der Waals surface area contributed by atoms with E-state index in [1.165, 1.54) is 5.56 Å². The number of anilines is 1. The first kappa shape index (κ1) is 21.9. The standard InChI is InChI=1S/C23H31N5O2S/c1-4-18-8-6-9-20-21(18)24-23(31-20)27(11-7-10-26-12-14-30-15-13-26)22(29)19-16-17(3)25-28(19)5-2/h6,8-9,16H,4-5,7,10-15H2,1-3H3. The van der Waals surface area contributed by atoms with Crippen molar-refractivity contribution in [3.8, 4) is 0 Å². The smallest absolute Gasteiger partial charge is 0.278 e. The van der Waals surface area contributed by atoms with Gasteiger partial charge in [0.05, 0.1) is 29.1 Å². The predicted octanol–water partition coefficient (Wildman–Crippen LogP) is 3.75. The minimum Gasteiger partial charge on any atom is -0.379 e. The first-order valence-electron chi connectivity index (χ1n) is 11.2. The van der Waals surface area contributed by atoms with E-state index < -0.39 is 0 Å². The Hall–Kier alpha value is -2.29. The predicted molar refractivity (Wildman–Crippen MR) is 125 cm³/mol. The van der Waals surface area contributed by atoms with Gasteiger partial charge in [0.15, 0.2) is 5.13 Å². The molecule has 1 aliphatic heterocycles. The number of para-hydroxylation sites is 1. The summed E-state index contributed by atoms with van der Waals surface area (Å²) in [5, 5.41) is 5.25. The van der Waals surface area contributed by atoms with Gasteiger partial charge in [-0.1, -0.05) is 30.4 Å². The van der Waals surface area contributed by atoms with E-state index >= 15 is 0 Å². The maximum Gasteiger partial charge on any atom is 0.278 e. The zero-order valence-electron chi connectivity index (χ0n) is 18.6. The number of rotatable bonds is 8. The van der Waals surface area contributed by atoms with Crippen LogP contribution < -0.4 is 4.90 Å². The van der Waals surface area contributed by atoms with Gasteiger partial charge in [0.2, 0.25) is 0 Å². The molecule has 0 unspecified atom stereocenters. The molecule has 8 heteroatoms. The van der Waals surface area contributed by atoms with E-state index in [2.05, 4.69) is 35.1 Å². The lowest BCUT2D eigenvalue weighted by Gasteiger charge is -2.27. The van der Waals surface area contributed by atoms with Crippen LogP contribution in [0.2, 0.25) is 0 Å². The molecule has 1 fully saturated rings. The number of amides is 1. The van der Waals surface area contributed by atoms with E-state index in [-0.39, 0.29) is 5.91 Å². The minimum atomic E-state index is -0.0264. The van der Waals surface area contributed by atoms with E-state index in [4.69, 9.17) is 9.72 Å². The Morgan fingerprint density at radius 3 is 2.81 bits per heavy atom. The van der Waals surface area contributed by atoms with Gasteiger partial charge >= 0.3 is 0 Å². The van der Waals surface area contributed by atoms with Crippen molar-refractivity contribution >= 4 is 32.6 Å². The molecular weight excluding hydrogens is 410 g/mol. The first-order valence-corrected chi connectivity index (χ1v) is 12.0. The number of aromatic nitrogens is 3. The van der Waals surface area contributed by atoms with Crippen LogP contribution in [0, 0.1) is 6.92 Å². The number of hydrogen-bond acceptors (Lipinski definition) is 6. The van der Waals surface area contributed by atoms with Gasteiger partial charge in [0, 0.05) is 32.7 Å². The molecule has 0 atom stereocenters. The van der Waals surface area contributed by atoms with Crippen LogP contribution in [-0.4, -0.2) is 65.0 Å². The summed E-state index contributed by atoms with van der Waals surface area (Å²) >= 11 is 1.59. The average molecular weight is 442 g/mol. The van der Waals surface area contributed by atoms with Crippen molar-refractivity contribution in [3.05, 3.63) is 41.2 Å². The summed E-state index contributed by atoms with van der Waals surface area (Å²) in [4.78, 5) is 22.8. The van der Waals surface area contributed by atoms with Crippen molar-refractivity contribution in [2.24, 2.45) is 0 Å². The Labute approximate surface area is 187 Å². The van der Waals surface area contributed by atoms with Crippen molar-refractivity contribution < 1.29 is 9.53 Å². The maximum atomic E-state index is 13.6. The molecule has 1 amide bonds. The fraction of sp³-hybridized carbons (Fsp3) is 0.522. The molecule has 0 radical (unpaired) electrons. The molecule has 3 heterocycles. The first-order chi connectivity index (χ1) is 15.1. The lowest BCUT2D eigenvalue weighted by atomic mass is 10.1. The molecule has 0 bridgehead atoms. The Balaban J connectivity index is 1.62. The Morgan fingerprint density at radius 2 is 2.06 bits per heavy atom. The molecule has 0 aliphatic carbocycles. The quantitative estimate of drug-likeness (QED) is 0.533. The van der Waals surface area contributed by atoms with Crippen molar-refractivity contribution in [2.45, 2.75) is 40.2 Å². The van der Waals surface area contributed by atoms with Gasteiger partial charge in [-0.25, -0.2) is 4.98 Å². The van der Waals surface area contributed by atoms with Crippen molar-refractivity contribution in [3.63, 3.8) is 0 Å². The monoisotopic (exact) mass is 441 g/mol. The van der Waals surface area contributed by atoms with Gasteiger partial charge in [-0.2, -0.15) is 5.10 Å². The van der Waals surface area contributed by atoms with Gasteiger partial charge in [-0.05, 0) is 44.4 Å². The van der Waals surface area contributed by atoms with Gasteiger partial charge in [-0.3, -0.25) is 19.3 Å². The molecule has 2 aromatic heterocycles. The van der Waals surface area contributed by atoms with E-state index in [0.717, 1.165) is 66.7 Å². The van der Waals surface area contributed by atoms with E-state index in [1.54, 1.807) is 16.0 Å². The number of hydrogen-bond donors (Lipinski definition) is 0. The molecule has 1 aromatic carbocycles. The van der Waals surface area contributed by atoms with E-state index in [1.807, 2.05) is 24.8 Å². The SMILES string of the molecule is CCc1cccc2sc(N(CCCN3CCOCC3)C(=O)c3cc(C)nn3CC)nc12. The van der Waals surface area contributed by atoms with Crippen LogP contribution in [0.4, 0.5) is 5.13 Å². The third-order valence-electron chi connectivity index (χ3n) is 5.73. The number of carbonyl (C=O) groups excluding carboxylic acids is 1. The van der Waals surface area contributed by atoms with Crippen LogP contribution in [0.3, 0.4) is 0 Å². The van der Waals surface area contributed by atoms with Crippen LogP contribution in [0.25, 0.3) is 10.2 Å². The van der Waals surface area contributed by atoms with Crippen molar-refractivity contribution in [1.29, 1.82) is 0 Å². The summed E-state index contributed by atoms with van der Waals surface area (Å²) < 4.78 is 8.37. The largest absolute Gasteiger partial charge is 0.379 e. The highest BCUT2D eigenvalue weighted by atomic mass is 32.1. The summed E-state index contributed by atoms with van der Waals surface area (Å²) in [6, 6.07) is 8.16. The molecule has 7 nitrogen and oxygen atoms in total. The fourth-order valence-electron chi connectivity index (χ4n) is 4.05. The molecule has 0 N–H and O–H groups in total. The number of aryl methyl sites for hydroxylation is 3. The second-order valence-electron chi connectivity index (χ2n) is 7.86. The van der Waals surface area contributed by atoms with Gasteiger partial charge in [0.1, 0.15) is 5.69 Å². The second-order valence-corrected chi connectivity index (χ2v) is 8.87. The highest BCUT2D eigenvalue weighted by molar-refractivity contribution is 7.22. The molecule has 3 aromatic rings. The van der Waals surface area contributed by atoms with Crippen LogP contribution in [-0.2, 0) is 17.7 Å². The number of fused-ring (bicyclic) bond motifs is 1. The summed E-state index contributed by atoms with van der Waals surface area (Å²) in [7, 11) is 0. The van der Waals surface area contributed by atoms with Crippen LogP contribution in [0.5, 0.6) is 0 Å². The zero-order chi connectivity index (χ0) is 21.8. The molecule has 4 rings (SSSR count). The van der Waals surface area contributed by atoms with Crippen LogP contribution >= 0.6 is 11.3 Å². The third-order valence-corrected chi connectivity index (χ3v) is 6.77. The van der Waals surface area contributed by atoms with Crippen molar-refractivity contribution in [1.82, 2.24) is 19.7 Å². The van der Waals surface area contributed by atoms with E-state index in [9.17, 15) is 4.79 Å².